The number of alkyl halides is 3. The smallest absolute Gasteiger partial charge is 0.360 e. The fourth-order valence-corrected chi connectivity index (χ4v) is 3.05. The zero-order chi connectivity index (χ0) is 20.7. The number of nitrogens with one attached hydrogen (secondary N) is 3. The topological polar surface area (TPSA) is 65.9 Å². The van der Waals surface area contributed by atoms with Gasteiger partial charge in [-0.25, -0.2) is 4.79 Å². The molecular weight excluding hydrogens is 373 g/mol. The summed E-state index contributed by atoms with van der Waals surface area (Å²) in [4.78, 5) is 26.5. The Labute approximate surface area is 163 Å². The first kappa shape index (κ1) is 22.0. The maximum absolute atomic E-state index is 12.9. The van der Waals surface area contributed by atoms with Crippen molar-refractivity contribution in [2.75, 3.05) is 44.2 Å². The van der Waals surface area contributed by atoms with Gasteiger partial charge in [0.15, 0.2) is 6.54 Å². The van der Waals surface area contributed by atoms with Gasteiger partial charge in [-0.3, -0.25) is 10.1 Å². The van der Waals surface area contributed by atoms with Crippen LogP contribution in [0.2, 0.25) is 0 Å². The second-order valence-electron chi connectivity index (χ2n) is 7.45. The van der Waals surface area contributed by atoms with Gasteiger partial charge in [0.1, 0.15) is 0 Å². The van der Waals surface area contributed by atoms with Crippen LogP contribution in [-0.4, -0.2) is 51.2 Å². The number of amides is 3. The van der Waals surface area contributed by atoms with Crippen LogP contribution in [-0.2, 0) is 11.0 Å². The summed E-state index contributed by atoms with van der Waals surface area (Å²) >= 11 is 0. The van der Waals surface area contributed by atoms with E-state index >= 15 is 0 Å². The Bertz CT molecular complexity index is 671. The van der Waals surface area contributed by atoms with Gasteiger partial charge in [0, 0.05) is 12.2 Å². The number of nitrogens with zero attached hydrogens (tertiary/aromatic N) is 1. The predicted octanol–water partition coefficient (Wildman–Crippen LogP) is 1.28. The molecule has 3 amide bonds. The highest BCUT2D eigenvalue weighted by atomic mass is 19.4. The number of carbonyl (C=O) groups excluding carboxylic acids is 2. The number of hydrogen-bond donors (Lipinski definition) is 3. The van der Waals surface area contributed by atoms with Gasteiger partial charge in [-0.2, -0.15) is 13.2 Å². The number of imide groups is 1. The highest BCUT2D eigenvalue weighted by molar-refractivity contribution is 5.94. The van der Waals surface area contributed by atoms with Gasteiger partial charge in [-0.1, -0.05) is 19.9 Å². The first-order valence-corrected chi connectivity index (χ1v) is 9.48. The van der Waals surface area contributed by atoms with E-state index in [-0.39, 0.29) is 12.5 Å². The number of carbonyl (C=O) groups is 2. The van der Waals surface area contributed by atoms with Gasteiger partial charge in [0.25, 0.3) is 5.91 Å². The van der Waals surface area contributed by atoms with Crippen LogP contribution >= 0.6 is 0 Å². The van der Waals surface area contributed by atoms with E-state index in [9.17, 15) is 22.8 Å². The Morgan fingerprint density at radius 2 is 1.89 bits per heavy atom. The molecule has 6 nitrogen and oxygen atoms in total. The Hall–Kier alpha value is -2.29. The van der Waals surface area contributed by atoms with Crippen molar-refractivity contribution in [3.63, 3.8) is 0 Å². The lowest BCUT2D eigenvalue weighted by molar-refractivity contribution is -0.892. The van der Waals surface area contributed by atoms with Crippen molar-refractivity contribution in [3.05, 3.63) is 29.8 Å². The standard InChI is InChI=1S/C19H27F3N4O2/c1-14(2)6-7-23-18(28)24-17(27)13-25-8-10-26(11-9-25)16-5-3-4-15(12-16)19(20,21)22/h3-5,12,14H,6-11,13H2,1-2H3,(H2,23,24,27,28)/p+1. The normalized spacial score (nSPS) is 15.6. The molecule has 2 rings (SSSR count). The minimum absolute atomic E-state index is 0.161. The molecule has 1 aliphatic heterocycles. The lowest BCUT2D eigenvalue weighted by Crippen LogP contribution is -3.16. The fourth-order valence-electron chi connectivity index (χ4n) is 3.05. The number of anilines is 1. The monoisotopic (exact) mass is 401 g/mol. The molecule has 0 spiro atoms. The highest BCUT2D eigenvalue weighted by Gasteiger charge is 2.31. The lowest BCUT2D eigenvalue weighted by atomic mass is 10.1. The van der Waals surface area contributed by atoms with E-state index in [1.54, 1.807) is 6.07 Å². The molecule has 1 aromatic rings. The molecular formula is C19H28F3N4O2+. The van der Waals surface area contributed by atoms with Crippen molar-refractivity contribution in [1.82, 2.24) is 10.6 Å². The van der Waals surface area contributed by atoms with E-state index in [1.165, 1.54) is 6.07 Å². The van der Waals surface area contributed by atoms with Gasteiger partial charge in [0.2, 0.25) is 0 Å². The molecule has 0 bridgehead atoms. The average molecular weight is 401 g/mol. The maximum atomic E-state index is 12.9. The first-order valence-electron chi connectivity index (χ1n) is 9.48. The van der Waals surface area contributed by atoms with Crippen LogP contribution in [0, 0.1) is 5.92 Å². The molecule has 9 heteroatoms. The molecule has 3 N–H and O–H groups in total. The zero-order valence-corrected chi connectivity index (χ0v) is 16.2. The second kappa shape index (κ2) is 9.77. The van der Waals surface area contributed by atoms with E-state index in [1.807, 2.05) is 18.7 Å². The molecule has 1 aromatic carbocycles. The Morgan fingerprint density at radius 1 is 1.21 bits per heavy atom. The third-order valence-corrected chi connectivity index (χ3v) is 4.68. The lowest BCUT2D eigenvalue weighted by Gasteiger charge is -2.33. The zero-order valence-electron chi connectivity index (χ0n) is 16.2. The van der Waals surface area contributed by atoms with Crippen molar-refractivity contribution in [2.24, 2.45) is 5.92 Å². The SMILES string of the molecule is CC(C)CCNC(=O)NC(=O)C[NH+]1CCN(c2cccc(C(F)(F)F)c2)CC1. The fraction of sp³-hybridized carbons (Fsp3) is 0.579. The van der Waals surface area contributed by atoms with Crippen molar-refractivity contribution in [3.8, 4) is 0 Å². The van der Waals surface area contributed by atoms with Gasteiger partial charge in [-0.05, 0) is 30.5 Å². The molecule has 0 atom stereocenters. The highest BCUT2D eigenvalue weighted by Crippen LogP contribution is 2.31. The molecule has 0 saturated carbocycles. The van der Waals surface area contributed by atoms with Crippen LogP contribution in [0.25, 0.3) is 0 Å². The van der Waals surface area contributed by atoms with Gasteiger partial charge in [0.05, 0.1) is 31.7 Å². The summed E-state index contributed by atoms with van der Waals surface area (Å²) < 4.78 is 38.6. The van der Waals surface area contributed by atoms with E-state index in [2.05, 4.69) is 10.6 Å². The van der Waals surface area contributed by atoms with Crippen molar-refractivity contribution >= 4 is 17.6 Å². The van der Waals surface area contributed by atoms with Crippen LogP contribution in [0.5, 0.6) is 0 Å². The molecule has 156 valence electrons. The summed E-state index contributed by atoms with van der Waals surface area (Å²) in [6.45, 7) is 7.08. The third kappa shape index (κ3) is 7.03. The second-order valence-corrected chi connectivity index (χ2v) is 7.45. The summed E-state index contributed by atoms with van der Waals surface area (Å²) in [6.07, 6.45) is -3.53. The predicted molar refractivity (Wildman–Crippen MR) is 100 cm³/mol. The minimum atomic E-state index is -4.36. The number of quaternary nitrogens is 1. The van der Waals surface area contributed by atoms with Crippen LogP contribution in [0.15, 0.2) is 24.3 Å². The number of benzene rings is 1. The molecule has 1 saturated heterocycles. The number of urea groups is 1. The van der Waals surface area contributed by atoms with Gasteiger partial charge in [-0.15, -0.1) is 0 Å². The molecule has 0 unspecified atom stereocenters. The summed E-state index contributed by atoms with van der Waals surface area (Å²) in [5, 5.41) is 4.97. The third-order valence-electron chi connectivity index (χ3n) is 4.68. The van der Waals surface area contributed by atoms with Crippen molar-refractivity contribution < 1.29 is 27.7 Å². The van der Waals surface area contributed by atoms with Crippen LogP contribution in [0.1, 0.15) is 25.8 Å². The van der Waals surface area contributed by atoms with E-state index in [0.29, 0.717) is 44.3 Å². The first-order chi connectivity index (χ1) is 13.1. The Balaban J connectivity index is 1.76. The molecule has 1 fully saturated rings. The summed E-state index contributed by atoms with van der Waals surface area (Å²) in [5.41, 5.74) is -0.134. The molecule has 28 heavy (non-hydrogen) atoms. The van der Waals surface area contributed by atoms with Crippen molar-refractivity contribution in [2.45, 2.75) is 26.4 Å². The van der Waals surface area contributed by atoms with Crippen LogP contribution < -0.4 is 20.4 Å². The van der Waals surface area contributed by atoms with Gasteiger partial charge < -0.3 is 15.1 Å². The summed E-state index contributed by atoms with van der Waals surface area (Å²) in [6, 6.07) is 4.78. The van der Waals surface area contributed by atoms with Gasteiger partial charge >= 0.3 is 12.2 Å². The molecule has 0 aromatic heterocycles. The largest absolute Gasteiger partial charge is 0.416 e. The Morgan fingerprint density at radius 3 is 2.50 bits per heavy atom. The summed E-state index contributed by atoms with van der Waals surface area (Å²) in [5.74, 6) is 0.109. The number of piperazine rings is 1. The van der Waals surface area contributed by atoms with E-state index in [0.717, 1.165) is 23.5 Å². The number of rotatable bonds is 6. The van der Waals surface area contributed by atoms with Crippen LogP contribution in [0.4, 0.5) is 23.7 Å². The average Bonchev–Trinajstić information content (AvgIpc) is 2.61. The number of hydrogen-bond acceptors (Lipinski definition) is 3. The van der Waals surface area contributed by atoms with Crippen LogP contribution in [0.3, 0.4) is 0 Å². The molecule has 0 radical (unpaired) electrons. The molecule has 1 heterocycles. The quantitative estimate of drug-likeness (QED) is 0.673. The minimum Gasteiger partial charge on any atom is -0.360 e. The summed E-state index contributed by atoms with van der Waals surface area (Å²) in [7, 11) is 0. The van der Waals surface area contributed by atoms with E-state index in [4.69, 9.17) is 0 Å². The Kier molecular flexibility index (Phi) is 7.68. The van der Waals surface area contributed by atoms with Crippen molar-refractivity contribution in [1.29, 1.82) is 0 Å². The molecule has 1 aliphatic rings. The molecule has 0 aliphatic carbocycles. The number of halogens is 3. The van der Waals surface area contributed by atoms with E-state index < -0.39 is 17.8 Å². The maximum Gasteiger partial charge on any atom is 0.416 e.